The van der Waals surface area contributed by atoms with Crippen LogP contribution in [0.15, 0.2) is 0 Å². The fourth-order valence-corrected chi connectivity index (χ4v) is 5.13. The summed E-state index contributed by atoms with van der Waals surface area (Å²) in [6.45, 7) is 3.73. The molecule has 1 aliphatic rings. The Morgan fingerprint density at radius 1 is 0.667 bits per heavy atom. The highest BCUT2D eigenvalue weighted by molar-refractivity contribution is 6.35. The molecule has 0 aromatic heterocycles. The van der Waals surface area contributed by atoms with Gasteiger partial charge in [-0.05, 0) is 30.4 Å². The first-order chi connectivity index (χ1) is 15.6. The monoisotopic (exact) mass is 500 g/mol. The smallest absolute Gasteiger partial charge is 0.205 e. The third-order valence-corrected chi connectivity index (χ3v) is 7.19. The Hall–Kier alpha value is -2.22. The molecule has 3 rings (SSSR count). The number of ether oxygens (including phenoxy) is 6. The van der Waals surface area contributed by atoms with Gasteiger partial charge in [0.15, 0.2) is 23.0 Å². The summed E-state index contributed by atoms with van der Waals surface area (Å²) < 4.78 is 34.1. The molecule has 0 amide bonds. The molecule has 0 aliphatic heterocycles. The normalized spacial score (nSPS) is 19.5. The van der Waals surface area contributed by atoms with Gasteiger partial charge in [0.2, 0.25) is 11.5 Å². The molecule has 0 fully saturated rings. The minimum atomic E-state index is -1.12. The highest BCUT2D eigenvalue weighted by Crippen LogP contribution is 2.60. The first-order valence-corrected chi connectivity index (χ1v) is 11.1. The zero-order valence-corrected chi connectivity index (χ0v) is 21.7. The van der Waals surface area contributed by atoms with Crippen molar-refractivity contribution in [3.05, 3.63) is 21.2 Å². The highest BCUT2D eigenvalue weighted by atomic mass is 35.5. The lowest BCUT2D eigenvalue weighted by Gasteiger charge is -2.36. The van der Waals surface area contributed by atoms with E-state index in [-0.39, 0.29) is 12.3 Å². The molecule has 9 heteroatoms. The van der Waals surface area contributed by atoms with Crippen molar-refractivity contribution in [2.45, 2.75) is 32.3 Å². The van der Waals surface area contributed by atoms with E-state index in [1.54, 1.807) is 14.0 Å². The zero-order chi connectivity index (χ0) is 24.7. The van der Waals surface area contributed by atoms with Crippen LogP contribution < -0.4 is 28.4 Å². The fraction of sp³-hybridized carbons (Fsp3) is 0.500. The molecule has 0 saturated heterocycles. The van der Waals surface area contributed by atoms with E-state index in [0.29, 0.717) is 73.2 Å². The van der Waals surface area contributed by atoms with Gasteiger partial charge in [-0.15, -0.1) is 0 Å². The van der Waals surface area contributed by atoms with Gasteiger partial charge in [0.05, 0.1) is 58.3 Å². The predicted octanol–water partition coefficient (Wildman–Crippen LogP) is 5.20. The van der Waals surface area contributed by atoms with Crippen LogP contribution >= 0.6 is 23.2 Å². The van der Waals surface area contributed by atoms with E-state index in [4.69, 9.17) is 51.6 Å². The molecular formula is C24H30Cl2O7. The Kier molecular flexibility index (Phi) is 7.36. The van der Waals surface area contributed by atoms with Crippen molar-refractivity contribution in [3.8, 4) is 45.6 Å². The molecule has 2 atom stereocenters. The van der Waals surface area contributed by atoms with Crippen LogP contribution in [0.5, 0.6) is 34.5 Å². The minimum Gasteiger partial charge on any atom is -0.492 e. The molecule has 0 spiro atoms. The minimum absolute atomic E-state index is 0.195. The van der Waals surface area contributed by atoms with Gasteiger partial charge in [-0.1, -0.05) is 30.1 Å². The van der Waals surface area contributed by atoms with E-state index in [9.17, 15) is 5.11 Å². The summed E-state index contributed by atoms with van der Waals surface area (Å²) in [5.74, 6) is 1.89. The molecular weight excluding hydrogens is 471 g/mol. The topological polar surface area (TPSA) is 75.6 Å². The van der Waals surface area contributed by atoms with Crippen molar-refractivity contribution in [2.75, 3.05) is 42.7 Å². The summed E-state index contributed by atoms with van der Waals surface area (Å²) in [6.07, 6.45) is 0.667. The Balaban J connectivity index is 2.67. The van der Waals surface area contributed by atoms with E-state index in [0.717, 1.165) is 0 Å². The second-order valence-corrected chi connectivity index (χ2v) is 8.93. The summed E-state index contributed by atoms with van der Waals surface area (Å²) in [4.78, 5) is 0. The lowest BCUT2D eigenvalue weighted by atomic mass is 9.75. The molecule has 0 saturated carbocycles. The summed E-state index contributed by atoms with van der Waals surface area (Å²) in [5, 5.41) is 12.1. The summed E-state index contributed by atoms with van der Waals surface area (Å²) in [6, 6.07) is 0. The molecule has 0 heterocycles. The Morgan fingerprint density at radius 3 is 1.42 bits per heavy atom. The summed E-state index contributed by atoms with van der Waals surface area (Å²) >= 11 is 13.8. The largest absolute Gasteiger partial charge is 0.492 e. The Labute approximate surface area is 204 Å². The van der Waals surface area contributed by atoms with Gasteiger partial charge in [0.25, 0.3) is 0 Å². The van der Waals surface area contributed by atoms with Crippen molar-refractivity contribution >= 4 is 23.2 Å². The molecule has 7 nitrogen and oxygen atoms in total. The van der Waals surface area contributed by atoms with Crippen LogP contribution in [0.25, 0.3) is 11.1 Å². The Morgan fingerprint density at radius 2 is 1.03 bits per heavy atom. The van der Waals surface area contributed by atoms with Crippen molar-refractivity contribution in [1.82, 2.24) is 0 Å². The number of rotatable bonds is 6. The van der Waals surface area contributed by atoms with Crippen molar-refractivity contribution < 1.29 is 33.5 Å². The lowest BCUT2D eigenvalue weighted by Crippen LogP contribution is -2.38. The number of fused-ring (bicyclic) bond motifs is 3. The summed E-state index contributed by atoms with van der Waals surface area (Å²) in [5.41, 5.74) is 1.43. The van der Waals surface area contributed by atoms with Crippen LogP contribution in [0.3, 0.4) is 0 Å². The van der Waals surface area contributed by atoms with Crippen molar-refractivity contribution in [2.24, 2.45) is 5.92 Å². The standard InChI is InChI=1S/C24H30Cl2O7/c1-11-9-12-14(18(28-3)22(32-7)20(30-5)16(12)25)15-13(10-24(11,2)27)17(26)21(31-6)23(33-8)19(15)29-4/h11,27H,9-10H2,1-8H3/t11-,24-/m1/s1. The fourth-order valence-electron chi connectivity index (χ4n) is 4.47. The predicted molar refractivity (Wildman–Crippen MR) is 128 cm³/mol. The maximum absolute atomic E-state index is 11.4. The van der Waals surface area contributed by atoms with Crippen molar-refractivity contribution in [1.29, 1.82) is 0 Å². The quantitative estimate of drug-likeness (QED) is 0.584. The van der Waals surface area contributed by atoms with Gasteiger partial charge in [0.1, 0.15) is 0 Å². The van der Waals surface area contributed by atoms with Crippen LogP contribution in [0.1, 0.15) is 25.0 Å². The number of halogens is 2. The SMILES string of the molecule is COc1c(Cl)c2c(c(OC)c1OC)-c1c(c(Cl)c(OC)c(OC)c1OC)C[C@@](C)(O)[C@H](C)C2. The third-order valence-electron chi connectivity index (χ3n) is 6.39. The van der Waals surface area contributed by atoms with E-state index in [1.807, 2.05) is 6.92 Å². The average Bonchev–Trinajstić information content (AvgIpc) is 2.79. The molecule has 2 aromatic carbocycles. The van der Waals surface area contributed by atoms with Crippen LogP contribution in [-0.2, 0) is 12.8 Å². The third kappa shape index (κ3) is 3.90. The molecule has 0 unspecified atom stereocenters. The number of hydrogen-bond donors (Lipinski definition) is 1. The van der Waals surface area contributed by atoms with E-state index in [1.165, 1.54) is 35.5 Å². The summed E-state index contributed by atoms with van der Waals surface area (Å²) in [7, 11) is 9.09. The molecule has 1 aliphatic carbocycles. The molecule has 33 heavy (non-hydrogen) atoms. The van der Waals surface area contributed by atoms with Crippen molar-refractivity contribution in [3.63, 3.8) is 0 Å². The second-order valence-electron chi connectivity index (χ2n) is 8.17. The van der Waals surface area contributed by atoms with E-state index < -0.39 is 5.60 Å². The number of aliphatic hydroxyl groups is 1. The van der Waals surface area contributed by atoms with Gasteiger partial charge in [-0.25, -0.2) is 0 Å². The number of benzene rings is 2. The molecule has 0 radical (unpaired) electrons. The van der Waals surface area contributed by atoms with Gasteiger partial charge < -0.3 is 33.5 Å². The first-order valence-electron chi connectivity index (χ1n) is 10.4. The first kappa shape index (κ1) is 25.4. The van der Waals surface area contributed by atoms with Gasteiger partial charge in [-0.2, -0.15) is 0 Å². The second kappa shape index (κ2) is 9.57. The molecule has 2 aromatic rings. The van der Waals surface area contributed by atoms with Gasteiger partial charge >= 0.3 is 0 Å². The van der Waals surface area contributed by atoms with Crippen LogP contribution in [0, 0.1) is 5.92 Å². The molecule has 182 valence electrons. The average molecular weight is 501 g/mol. The number of hydrogen-bond acceptors (Lipinski definition) is 7. The molecule has 0 bridgehead atoms. The van der Waals surface area contributed by atoms with Gasteiger partial charge in [-0.3, -0.25) is 0 Å². The van der Waals surface area contributed by atoms with E-state index in [2.05, 4.69) is 0 Å². The van der Waals surface area contributed by atoms with E-state index >= 15 is 0 Å². The lowest BCUT2D eigenvalue weighted by molar-refractivity contribution is 0.00631. The zero-order valence-electron chi connectivity index (χ0n) is 20.1. The number of methoxy groups -OCH3 is 6. The molecule has 1 N–H and O–H groups in total. The highest BCUT2D eigenvalue weighted by Gasteiger charge is 2.41. The van der Waals surface area contributed by atoms with Crippen LogP contribution in [0.4, 0.5) is 0 Å². The van der Waals surface area contributed by atoms with Gasteiger partial charge in [0, 0.05) is 17.5 Å². The Bertz CT molecular complexity index is 1070. The van der Waals surface area contributed by atoms with Crippen LogP contribution in [0.2, 0.25) is 10.0 Å². The maximum Gasteiger partial charge on any atom is 0.205 e. The maximum atomic E-state index is 11.4. The van der Waals surface area contributed by atoms with Crippen LogP contribution in [-0.4, -0.2) is 53.4 Å².